The Morgan fingerprint density at radius 3 is 3.00 bits per heavy atom. The number of nitrogen functional groups attached to an aromatic ring is 1. The zero-order chi connectivity index (χ0) is 8.72. The van der Waals surface area contributed by atoms with Crippen molar-refractivity contribution >= 4 is 18.3 Å². The minimum Gasteiger partial charge on any atom is -0.423 e. The zero-order valence-corrected chi connectivity index (χ0v) is 6.82. The van der Waals surface area contributed by atoms with Gasteiger partial charge in [0.15, 0.2) is 0 Å². The van der Waals surface area contributed by atoms with Gasteiger partial charge in [0.2, 0.25) is 0 Å². The van der Waals surface area contributed by atoms with E-state index in [2.05, 4.69) is 0 Å². The quantitative estimate of drug-likeness (QED) is 0.419. The molecule has 0 saturated carbocycles. The Morgan fingerprint density at radius 2 is 2.33 bits per heavy atom. The summed E-state index contributed by atoms with van der Waals surface area (Å²) < 4.78 is 5.19. The monoisotopic (exact) mass is 163 g/mol. The van der Waals surface area contributed by atoms with Gasteiger partial charge in [-0.1, -0.05) is 12.1 Å². The summed E-state index contributed by atoms with van der Waals surface area (Å²) in [7, 11) is -0.851. The molecule has 62 valence electrons. The Bertz CT molecular complexity index is 316. The molecule has 0 aliphatic carbocycles. The predicted molar refractivity (Wildman–Crippen MR) is 48.0 cm³/mol. The molecular formula is C8H10BNO2. The highest BCUT2D eigenvalue weighted by atomic mass is 16.5. The molecule has 12 heavy (non-hydrogen) atoms. The summed E-state index contributed by atoms with van der Waals surface area (Å²) in [5.74, 6) is 0. The first kappa shape index (κ1) is 7.64. The fourth-order valence-corrected chi connectivity index (χ4v) is 1.58. The highest BCUT2D eigenvalue weighted by molar-refractivity contribution is 6.63. The van der Waals surface area contributed by atoms with Crippen LogP contribution in [0.15, 0.2) is 18.2 Å². The summed E-state index contributed by atoms with van der Waals surface area (Å²) in [5.41, 5.74) is 8.00. The Kier molecular flexibility index (Phi) is 1.59. The number of nitrogens with two attached hydrogens (primary N) is 1. The molecular weight excluding hydrogens is 153 g/mol. The number of benzene rings is 1. The van der Waals surface area contributed by atoms with Gasteiger partial charge in [-0.05, 0) is 18.6 Å². The molecule has 1 unspecified atom stereocenters. The van der Waals surface area contributed by atoms with Gasteiger partial charge in [-0.15, -0.1) is 0 Å². The van der Waals surface area contributed by atoms with Gasteiger partial charge in [0.25, 0.3) is 0 Å². The number of anilines is 1. The van der Waals surface area contributed by atoms with Crippen LogP contribution in [0.1, 0.15) is 18.6 Å². The van der Waals surface area contributed by atoms with E-state index < -0.39 is 7.12 Å². The lowest BCUT2D eigenvalue weighted by molar-refractivity contribution is 0.209. The summed E-state index contributed by atoms with van der Waals surface area (Å²) in [5, 5.41) is 9.43. The van der Waals surface area contributed by atoms with Crippen LogP contribution in [0, 0.1) is 0 Å². The van der Waals surface area contributed by atoms with Gasteiger partial charge in [0.05, 0.1) is 6.10 Å². The molecule has 0 fully saturated rings. The number of fused-ring (bicyclic) bond motifs is 1. The lowest BCUT2D eigenvalue weighted by Gasteiger charge is -2.03. The topological polar surface area (TPSA) is 55.5 Å². The van der Waals surface area contributed by atoms with Crippen LogP contribution in [0.5, 0.6) is 0 Å². The van der Waals surface area contributed by atoms with Gasteiger partial charge >= 0.3 is 7.12 Å². The van der Waals surface area contributed by atoms with Crippen LogP contribution in [0.25, 0.3) is 0 Å². The third-order valence-electron chi connectivity index (χ3n) is 2.19. The molecule has 2 rings (SSSR count). The van der Waals surface area contributed by atoms with E-state index >= 15 is 0 Å². The Labute approximate surface area is 71.3 Å². The molecule has 1 atom stereocenters. The summed E-state index contributed by atoms with van der Waals surface area (Å²) in [6, 6.07) is 5.56. The van der Waals surface area contributed by atoms with Gasteiger partial charge in [-0.3, -0.25) is 0 Å². The molecule has 1 heterocycles. The fourth-order valence-electron chi connectivity index (χ4n) is 1.58. The minimum absolute atomic E-state index is 0.0569. The third kappa shape index (κ3) is 0.923. The van der Waals surface area contributed by atoms with Crippen molar-refractivity contribution in [2.75, 3.05) is 5.73 Å². The second-order valence-corrected chi connectivity index (χ2v) is 2.98. The lowest BCUT2D eigenvalue weighted by Crippen LogP contribution is -2.30. The number of hydrogen-bond donors (Lipinski definition) is 2. The molecule has 0 bridgehead atoms. The van der Waals surface area contributed by atoms with Gasteiger partial charge in [-0.25, -0.2) is 0 Å². The lowest BCUT2D eigenvalue weighted by atomic mass is 9.78. The van der Waals surface area contributed by atoms with Crippen molar-refractivity contribution in [2.45, 2.75) is 13.0 Å². The maximum Gasteiger partial charge on any atom is 0.494 e. The van der Waals surface area contributed by atoms with Crippen molar-refractivity contribution in [2.24, 2.45) is 0 Å². The normalized spacial score (nSPS) is 21.2. The third-order valence-corrected chi connectivity index (χ3v) is 2.19. The van der Waals surface area contributed by atoms with E-state index in [0.717, 1.165) is 11.0 Å². The smallest absolute Gasteiger partial charge is 0.423 e. The maximum atomic E-state index is 9.43. The number of rotatable bonds is 0. The fraction of sp³-hybridized carbons (Fsp3) is 0.250. The van der Waals surface area contributed by atoms with Crippen molar-refractivity contribution in [1.82, 2.24) is 0 Å². The molecule has 0 radical (unpaired) electrons. The standard InChI is InChI=1S/C8H10BNO2/c1-5-6-3-2-4-7(10)8(6)9(11)12-5/h2-5,11H,10H2,1H3. The van der Waals surface area contributed by atoms with Crippen LogP contribution >= 0.6 is 0 Å². The van der Waals surface area contributed by atoms with Crippen molar-refractivity contribution < 1.29 is 9.68 Å². The van der Waals surface area contributed by atoms with Crippen LogP contribution < -0.4 is 11.2 Å². The molecule has 1 aliphatic rings. The highest BCUT2D eigenvalue weighted by Gasteiger charge is 2.33. The van der Waals surface area contributed by atoms with E-state index in [9.17, 15) is 5.02 Å². The molecule has 1 aromatic rings. The largest absolute Gasteiger partial charge is 0.494 e. The molecule has 1 aliphatic heterocycles. The highest BCUT2D eigenvalue weighted by Crippen LogP contribution is 2.24. The van der Waals surface area contributed by atoms with E-state index in [1.54, 1.807) is 6.07 Å². The summed E-state index contributed by atoms with van der Waals surface area (Å²) in [4.78, 5) is 0. The SMILES string of the molecule is CC1OB(O)c2c(N)cccc21. The van der Waals surface area contributed by atoms with Gasteiger partial charge in [0, 0.05) is 11.2 Å². The molecule has 3 nitrogen and oxygen atoms in total. The maximum absolute atomic E-state index is 9.43. The first-order chi connectivity index (χ1) is 5.70. The molecule has 0 saturated heterocycles. The summed E-state index contributed by atoms with van der Waals surface area (Å²) >= 11 is 0. The minimum atomic E-state index is -0.851. The van der Waals surface area contributed by atoms with Crippen molar-refractivity contribution in [1.29, 1.82) is 0 Å². The first-order valence-electron chi connectivity index (χ1n) is 3.92. The molecule has 0 aromatic heterocycles. The van der Waals surface area contributed by atoms with E-state index in [1.807, 2.05) is 19.1 Å². The van der Waals surface area contributed by atoms with E-state index in [0.29, 0.717) is 5.69 Å². The van der Waals surface area contributed by atoms with Crippen molar-refractivity contribution in [3.05, 3.63) is 23.8 Å². The molecule has 1 aromatic carbocycles. The predicted octanol–water partition coefficient (Wildman–Crippen LogP) is 0.0475. The summed E-state index contributed by atoms with van der Waals surface area (Å²) in [6.45, 7) is 1.90. The molecule has 0 amide bonds. The Morgan fingerprint density at radius 1 is 1.58 bits per heavy atom. The van der Waals surface area contributed by atoms with E-state index in [4.69, 9.17) is 10.4 Å². The van der Waals surface area contributed by atoms with Crippen LogP contribution in [0.4, 0.5) is 5.69 Å². The van der Waals surface area contributed by atoms with Crippen LogP contribution in [-0.4, -0.2) is 12.1 Å². The molecule has 3 N–H and O–H groups in total. The first-order valence-corrected chi connectivity index (χ1v) is 3.92. The van der Waals surface area contributed by atoms with Crippen molar-refractivity contribution in [3.63, 3.8) is 0 Å². The Hall–Kier alpha value is -0.995. The van der Waals surface area contributed by atoms with Gasteiger partial charge < -0.3 is 15.4 Å². The van der Waals surface area contributed by atoms with Gasteiger partial charge in [-0.2, -0.15) is 0 Å². The van der Waals surface area contributed by atoms with E-state index in [-0.39, 0.29) is 6.10 Å². The van der Waals surface area contributed by atoms with Crippen LogP contribution in [0.3, 0.4) is 0 Å². The van der Waals surface area contributed by atoms with E-state index in [1.165, 1.54) is 0 Å². The zero-order valence-electron chi connectivity index (χ0n) is 6.82. The Balaban J connectivity index is 2.59. The molecule has 4 heteroatoms. The number of hydrogen-bond acceptors (Lipinski definition) is 3. The van der Waals surface area contributed by atoms with Crippen LogP contribution in [0.2, 0.25) is 0 Å². The molecule has 0 spiro atoms. The van der Waals surface area contributed by atoms with Crippen LogP contribution in [-0.2, 0) is 4.65 Å². The van der Waals surface area contributed by atoms with Gasteiger partial charge in [0.1, 0.15) is 0 Å². The second kappa shape index (κ2) is 2.50. The van der Waals surface area contributed by atoms with Crippen molar-refractivity contribution in [3.8, 4) is 0 Å². The second-order valence-electron chi connectivity index (χ2n) is 2.98. The summed E-state index contributed by atoms with van der Waals surface area (Å²) in [6.07, 6.45) is -0.0569. The average Bonchev–Trinajstić information content (AvgIpc) is 2.29. The average molecular weight is 163 g/mol.